The fourth-order valence-corrected chi connectivity index (χ4v) is 1.92. The van der Waals surface area contributed by atoms with Crippen molar-refractivity contribution >= 4 is 23.5 Å². The fourth-order valence-electron chi connectivity index (χ4n) is 1.92. The van der Waals surface area contributed by atoms with E-state index < -0.39 is 16.6 Å². The second-order valence-electron chi connectivity index (χ2n) is 5.03. The van der Waals surface area contributed by atoms with Gasteiger partial charge in [-0.2, -0.15) is 0 Å². The Morgan fingerprint density at radius 3 is 2.88 bits per heavy atom. The number of aromatic nitrogens is 1. The number of ether oxygens (including phenoxy) is 1. The minimum Gasteiger partial charge on any atom is -0.504 e. The third-order valence-corrected chi connectivity index (χ3v) is 3.10. The van der Waals surface area contributed by atoms with Crippen LogP contribution in [0, 0.1) is 10.1 Å². The van der Waals surface area contributed by atoms with Crippen molar-refractivity contribution in [3.63, 3.8) is 0 Å². The van der Waals surface area contributed by atoms with Crippen LogP contribution in [-0.2, 0) is 4.79 Å². The van der Waals surface area contributed by atoms with E-state index in [1.165, 1.54) is 6.08 Å². The third kappa shape index (κ3) is 5.03. The molecule has 1 heterocycles. The Labute approximate surface area is 143 Å². The number of nitrogens with zero attached hydrogens (tertiary/aromatic N) is 2. The Balaban J connectivity index is 2.08. The van der Waals surface area contributed by atoms with E-state index in [-0.39, 0.29) is 11.5 Å². The summed E-state index contributed by atoms with van der Waals surface area (Å²) in [5, 5.41) is 22.6. The standard InChI is InChI=1S/C17H17N3O5/c1-2-9-25-15-6-4-3-5-12(15)7-8-16(22)19-17-14(21)10-13(11-18-17)20(23)24/h3-8,10-11,21H,2,9H2,1H3,(H,18,19,22)/b8-7+. The molecule has 0 spiro atoms. The number of pyridine rings is 1. The molecule has 2 N–H and O–H groups in total. The lowest BCUT2D eigenvalue weighted by Gasteiger charge is -2.07. The van der Waals surface area contributed by atoms with Crippen molar-refractivity contribution in [1.82, 2.24) is 4.98 Å². The number of nitro groups is 1. The average molecular weight is 343 g/mol. The molecule has 130 valence electrons. The first-order valence-electron chi connectivity index (χ1n) is 7.55. The molecule has 25 heavy (non-hydrogen) atoms. The molecule has 0 saturated carbocycles. The maximum absolute atomic E-state index is 12.0. The van der Waals surface area contributed by atoms with Crippen LogP contribution in [-0.4, -0.2) is 27.5 Å². The van der Waals surface area contributed by atoms with Gasteiger partial charge in [-0.1, -0.05) is 25.1 Å². The summed E-state index contributed by atoms with van der Waals surface area (Å²) in [7, 11) is 0. The predicted octanol–water partition coefficient (Wildman–Crippen LogP) is 3.14. The van der Waals surface area contributed by atoms with Crippen molar-refractivity contribution in [1.29, 1.82) is 0 Å². The van der Waals surface area contributed by atoms with Crippen molar-refractivity contribution < 1.29 is 19.6 Å². The average Bonchev–Trinajstić information content (AvgIpc) is 2.60. The maximum atomic E-state index is 12.0. The number of amides is 1. The van der Waals surface area contributed by atoms with Crippen LogP contribution in [0.4, 0.5) is 11.5 Å². The van der Waals surface area contributed by atoms with Gasteiger partial charge in [0.25, 0.3) is 5.69 Å². The topological polar surface area (TPSA) is 115 Å². The van der Waals surface area contributed by atoms with Gasteiger partial charge in [-0.3, -0.25) is 14.9 Å². The highest BCUT2D eigenvalue weighted by Crippen LogP contribution is 2.25. The Morgan fingerprint density at radius 2 is 2.20 bits per heavy atom. The van der Waals surface area contributed by atoms with Crippen LogP contribution in [0.1, 0.15) is 18.9 Å². The quantitative estimate of drug-likeness (QED) is 0.453. The number of para-hydroxylation sites is 1. The summed E-state index contributed by atoms with van der Waals surface area (Å²) in [6, 6.07) is 8.18. The van der Waals surface area contributed by atoms with Gasteiger partial charge in [-0.05, 0) is 18.6 Å². The first-order valence-corrected chi connectivity index (χ1v) is 7.55. The number of anilines is 1. The molecule has 0 atom stereocenters. The predicted molar refractivity (Wildman–Crippen MR) is 92.4 cm³/mol. The molecule has 0 radical (unpaired) electrons. The number of hydrogen-bond donors (Lipinski definition) is 2. The van der Waals surface area contributed by atoms with Crippen LogP contribution in [0.5, 0.6) is 11.5 Å². The Bertz CT molecular complexity index is 805. The van der Waals surface area contributed by atoms with Crippen LogP contribution in [0.2, 0.25) is 0 Å². The van der Waals surface area contributed by atoms with E-state index in [0.29, 0.717) is 12.4 Å². The lowest BCUT2D eigenvalue weighted by Crippen LogP contribution is -2.09. The summed E-state index contributed by atoms with van der Waals surface area (Å²) in [5.41, 5.74) is 0.361. The summed E-state index contributed by atoms with van der Waals surface area (Å²) in [4.78, 5) is 25.5. The number of hydrogen-bond acceptors (Lipinski definition) is 6. The molecule has 8 nitrogen and oxygen atoms in total. The second-order valence-corrected chi connectivity index (χ2v) is 5.03. The highest BCUT2D eigenvalue weighted by atomic mass is 16.6. The van der Waals surface area contributed by atoms with E-state index in [2.05, 4.69) is 10.3 Å². The molecule has 8 heteroatoms. The zero-order valence-electron chi connectivity index (χ0n) is 13.5. The molecule has 0 bridgehead atoms. The smallest absolute Gasteiger partial charge is 0.291 e. The number of aromatic hydroxyl groups is 1. The first kappa shape index (κ1) is 17.9. The van der Waals surface area contributed by atoms with Crippen LogP contribution in [0.25, 0.3) is 6.08 Å². The molecule has 0 unspecified atom stereocenters. The van der Waals surface area contributed by atoms with Gasteiger partial charge in [0, 0.05) is 11.6 Å². The van der Waals surface area contributed by atoms with E-state index in [0.717, 1.165) is 24.2 Å². The Kier molecular flexibility index (Phi) is 6.05. The molecule has 0 aliphatic heterocycles. The van der Waals surface area contributed by atoms with Crippen LogP contribution in [0.15, 0.2) is 42.6 Å². The molecular formula is C17H17N3O5. The molecular weight excluding hydrogens is 326 g/mol. The van der Waals surface area contributed by atoms with Crippen molar-refractivity contribution in [2.24, 2.45) is 0 Å². The number of rotatable bonds is 7. The van der Waals surface area contributed by atoms with Gasteiger partial charge in [-0.25, -0.2) is 4.98 Å². The Hall–Kier alpha value is -3.42. The summed E-state index contributed by atoms with van der Waals surface area (Å²) in [5.74, 6) is -0.523. The minimum absolute atomic E-state index is 0.157. The van der Waals surface area contributed by atoms with Crippen molar-refractivity contribution in [3.05, 3.63) is 58.3 Å². The molecule has 2 aromatic rings. The van der Waals surface area contributed by atoms with Crippen molar-refractivity contribution in [2.45, 2.75) is 13.3 Å². The largest absolute Gasteiger partial charge is 0.504 e. The maximum Gasteiger partial charge on any atom is 0.291 e. The van der Waals surface area contributed by atoms with Gasteiger partial charge in [0.15, 0.2) is 11.6 Å². The SMILES string of the molecule is CCCOc1ccccc1/C=C/C(=O)Nc1ncc([N+](=O)[O-])cc1O. The third-order valence-electron chi connectivity index (χ3n) is 3.10. The monoisotopic (exact) mass is 343 g/mol. The molecule has 1 aromatic carbocycles. The zero-order chi connectivity index (χ0) is 18.2. The van der Waals surface area contributed by atoms with Gasteiger partial charge in [0.05, 0.1) is 17.6 Å². The van der Waals surface area contributed by atoms with E-state index in [9.17, 15) is 20.0 Å². The summed E-state index contributed by atoms with van der Waals surface area (Å²) in [6.45, 7) is 2.56. The number of benzene rings is 1. The summed E-state index contributed by atoms with van der Waals surface area (Å²) < 4.78 is 5.59. The molecule has 0 fully saturated rings. The highest BCUT2D eigenvalue weighted by Gasteiger charge is 2.12. The summed E-state index contributed by atoms with van der Waals surface area (Å²) >= 11 is 0. The van der Waals surface area contributed by atoms with Crippen LogP contribution in [0.3, 0.4) is 0 Å². The van der Waals surface area contributed by atoms with Gasteiger partial charge in [-0.15, -0.1) is 0 Å². The van der Waals surface area contributed by atoms with E-state index in [1.807, 2.05) is 19.1 Å². The van der Waals surface area contributed by atoms with Crippen LogP contribution >= 0.6 is 0 Å². The molecule has 0 aliphatic carbocycles. The van der Waals surface area contributed by atoms with E-state index in [4.69, 9.17) is 4.74 Å². The van der Waals surface area contributed by atoms with E-state index in [1.54, 1.807) is 18.2 Å². The molecule has 1 aromatic heterocycles. The fraction of sp³-hybridized carbons (Fsp3) is 0.176. The molecule has 0 aliphatic rings. The molecule has 2 rings (SSSR count). The molecule has 0 saturated heterocycles. The summed E-state index contributed by atoms with van der Waals surface area (Å²) in [6.07, 6.45) is 4.65. The van der Waals surface area contributed by atoms with Crippen molar-refractivity contribution in [2.75, 3.05) is 11.9 Å². The lowest BCUT2D eigenvalue weighted by molar-refractivity contribution is -0.385. The normalized spacial score (nSPS) is 10.6. The van der Waals surface area contributed by atoms with E-state index >= 15 is 0 Å². The number of nitrogens with one attached hydrogen (secondary N) is 1. The van der Waals surface area contributed by atoms with Crippen LogP contribution < -0.4 is 10.1 Å². The van der Waals surface area contributed by atoms with Gasteiger partial charge >= 0.3 is 0 Å². The first-order chi connectivity index (χ1) is 12.0. The minimum atomic E-state index is -0.689. The highest BCUT2D eigenvalue weighted by molar-refractivity contribution is 6.02. The van der Waals surface area contributed by atoms with Crippen molar-refractivity contribution in [3.8, 4) is 11.5 Å². The number of carbonyl (C=O) groups is 1. The lowest BCUT2D eigenvalue weighted by atomic mass is 10.2. The van der Waals surface area contributed by atoms with Gasteiger partial charge in [0.1, 0.15) is 11.9 Å². The Morgan fingerprint density at radius 1 is 1.44 bits per heavy atom. The van der Waals surface area contributed by atoms with Gasteiger partial charge in [0.2, 0.25) is 5.91 Å². The molecule has 1 amide bonds. The second kappa shape index (κ2) is 8.44. The zero-order valence-corrected chi connectivity index (χ0v) is 13.5. The number of carbonyl (C=O) groups excluding carboxylic acids is 1. The van der Waals surface area contributed by atoms with Gasteiger partial charge < -0.3 is 15.2 Å².